The van der Waals surface area contributed by atoms with Gasteiger partial charge in [0.2, 0.25) is 0 Å². The molecular weight excluding hydrogens is 476 g/mol. The molecule has 0 saturated carbocycles. The lowest BCUT2D eigenvalue weighted by atomic mass is 10.1. The van der Waals surface area contributed by atoms with Crippen LogP contribution in [-0.2, 0) is 0 Å². The predicted molar refractivity (Wildman–Crippen MR) is 122 cm³/mol. The van der Waals surface area contributed by atoms with E-state index in [1.807, 2.05) is 0 Å². The number of nitro benzene ring substituents is 2. The molecule has 0 atom stereocenters. The number of nitro groups is 2. The molecule has 36 heavy (non-hydrogen) atoms. The summed E-state index contributed by atoms with van der Waals surface area (Å²) in [5.74, 6) is -3.33. The maximum absolute atomic E-state index is 12.3. The zero-order valence-corrected chi connectivity index (χ0v) is 18.1. The van der Waals surface area contributed by atoms with Gasteiger partial charge in [-0.1, -0.05) is 24.3 Å². The largest absolute Gasteiger partial charge is 0.282 e. The van der Waals surface area contributed by atoms with E-state index >= 15 is 0 Å². The summed E-state index contributed by atoms with van der Waals surface area (Å²) in [4.78, 5) is 69.5. The van der Waals surface area contributed by atoms with E-state index in [9.17, 15) is 39.4 Å². The molecule has 0 aliphatic carbocycles. The Labute approximate surface area is 201 Å². The van der Waals surface area contributed by atoms with Crippen LogP contribution in [0.25, 0.3) is 0 Å². The normalized spacial score (nSPS) is 10.0. The first kappa shape index (κ1) is 25.0. The standard InChI is InChI=1S/C22H16N6O8/c29-19(23-25-21(31)15-5-1-3-7-17(15)27(33)34)13-9-11-14(12-10-13)20(30)24-26-22(32)16-6-2-4-8-18(16)28(35)36/h1-12H,(H,23,29)(H,24,30)(H,25,31)(H,26,32). The number of rotatable bonds is 6. The predicted octanol–water partition coefficient (Wildman–Crippen LogP) is 1.65. The Kier molecular flexibility index (Phi) is 7.61. The lowest BCUT2D eigenvalue weighted by molar-refractivity contribution is -0.385. The first-order chi connectivity index (χ1) is 17.2. The van der Waals surface area contributed by atoms with E-state index in [-0.39, 0.29) is 22.3 Å². The van der Waals surface area contributed by atoms with Crippen LogP contribution in [0.1, 0.15) is 41.4 Å². The highest BCUT2D eigenvalue weighted by Gasteiger charge is 2.21. The van der Waals surface area contributed by atoms with Crippen LogP contribution in [0.5, 0.6) is 0 Å². The Morgan fingerprint density at radius 3 is 1.14 bits per heavy atom. The van der Waals surface area contributed by atoms with Crippen LogP contribution in [0.3, 0.4) is 0 Å². The van der Waals surface area contributed by atoms with Gasteiger partial charge in [-0.2, -0.15) is 0 Å². The second-order valence-electron chi connectivity index (χ2n) is 6.94. The third kappa shape index (κ3) is 5.82. The summed E-state index contributed by atoms with van der Waals surface area (Å²) in [6.45, 7) is 0. The zero-order chi connectivity index (χ0) is 26.2. The minimum Gasteiger partial charge on any atom is -0.267 e. The van der Waals surface area contributed by atoms with Crippen molar-refractivity contribution >= 4 is 35.0 Å². The molecule has 4 amide bonds. The highest BCUT2D eigenvalue weighted by atomic mass is 16.6. The summed E-state index contributed by atoms with van der Waals surface area (Å²) in [6, 6.07) is 15.4. The molecule has 3 aromatic rings. The second kappa shape index (κ2) is 11.0. The number of para-hydroxylation sites is 2. The van der Waals surface area contributed by atoms with Crippen molar-refractivity contribution in [3.63, 3.8) is 0 Å². The second-order valence-corrected chi connectivity index (χ2v) is 6.94. The molecule has 0 saturated heterocycles. The number of carbonyl (C=O) groups is 4. The maximum atomic E-state index is 12.3. The van der Waals surface area contributed by atoms with Crippen molar-refractivity contribution in [3.8, 4) is 0 Å². The summed E-state index contributed by atoms with van der Waals surface area (Å²) in [7, 11) is 0. The quantitative estimate of drug-likeness (QED) is 0.293. The van der Waals surface area contributed by atoms with Gasteiger partial charge in [0.1, 0.15) is 11.1 Å². The average Bonchev–Trinajstić information content (AvgIpc) is 2.89. The number of carbonyl (C=O) groups excluding carboxylic acids is 4. The number of nitrogens with zero attached hydrogens (tertiary/aromatic N) is 2. The molecule has 182 valence electrons. The van der Waals surface area contributed by atoms with Crippen molar-refractivity contribution in [2.75, 3.05) is 0 Å². The van der Waals surface area contributed by atoms with E-state index in [1.54, 1.807) is 0 Å². The van der Waals surface area contributed by atoms with E-state index in [2.05, 4.69) is 21.7 Å². The Balaban J connectivity index is 1.57. The van der Waals surface area contributed by atoms with Gasteiger partial charge in [-0.3, -0.25) is 61.1 Å². The lowest BCUT2D eigenvalue weighted by Crippen LogP contribution is -2.42. The molecule has 14 nitrogen and oxygen atoms in total. The first-order valence-electron chi connectivity index (χ1n) is 9.97. The molecule has 0 bridgehead atoms. The molecule has 0 heterocycles. The Morgan fingerprint density at radius 2 is 0.806 bits per heavy atom. The van der Waals surface area contributed by atoms with Gasteiger partial charge in [0.25, 0.3) is 35.0 Å². The van der Waals surface area contributed by atoms with Crippen LogP contribution < -0.4 is 21.7 Å². The number of hydrazine groups is 2. The van der Waals surface area contributed by atoms with Crippen LogP contribution in [0.4, 0.5) is 11.4 Å². The number of benzene rings is 3. The number of hydrogen-bond donors (Lipinski definition) is 4. The van der Waals surface area contributed by atoms with Crippen LogP contribution in [-0.4, -0.2) is 33.5 Å². The van der Waals surface area contributed by atoms with Gasteiger partial charge in [-0.25, -0.2) is 0 Å². The molecule has 3 aromatic carbocycles. The van der Waals surface area contributed by atoms with Crippen molar-refractivity contribution in [2.45, 2.75) is 0 Å². The van der Waals surface area contributed by atoms with Gasteiger partial charge < -0.3 is 0 Å². The molecular formula is C22H16N6O8. The van der Waals surface area contributed by atoms with Crippen molar-refractivity contribution in [1.29, 1.82) is 0 Å². The number of amides is 4. The fourth-order valence-corrected chi connectivity index (χ4v) is 2.93. The highest BCUT2D eigenvalue weighted by Crippen LogP contribution is 2.18. The summed E-state index contributed by atoms with van der Waals surface area (Å²) in [5, 5.41) is 22.1. The molecule has 0 fully saturated rings. The molecule has 14 heteroatoms. The highest BCUT2D eigenvalue weighted by molar-refractivity contribution is 6.03. The Morgan fingerprint density at radius 1 is 0.500 bits per heavy atom. The van der Waals surface area contributed by atoms with Gasteiger partial charge >= 0.3 is 0 Å². The molecule has 3 rings (SSSR count). The van der Waals surface area contributed by atoms with Crippen molar-refractivity contribution in [2.24, 2.45) is 0 Å². The fourth-order valence-electron chi connectivity index (χ4n) is 2.93. The molecule has 0 aromatic heterocycles. The van der Waals surface area contributed by atoms with Gasteiger partial charge in [0.05, 0.1) is 9.85 Å². The Bertz CT molecular complexity index is 1270. The summed E-state index contributed by atoms with van der Waals surface area (Å²) >= 11 is 0. The van der Waals surface area contributed by atoms with Crippen molar-refractivity contribution in [1.82, 2.24) is 21.7 Å². The topological polar surface area (TPSA) is 203 Å². The zero-order valence-electron chi connectivity index (χ0n) is 18.1. The first-order valence-corrected chi connectivity index (χ1v) is 9.97. The molecule has 0 aliphatic heterocycles. The van der Waals surface area contributed by atoms with Crippen LogP contribution in [0, 0.1) is 20.2 Å². The van der Waals surface area contributed by atoms with E-state index in [0.29, 0.717) is 0 Å². The minimum atomic E-state index is -0.902. The van der Waals surface area contributed by atoms with Gasteiger partial charge in [0, 0.05) is 23.3 Å². The molecule has 0 spiro atoms. The average molecular weight is 492 g/mol. The Hall–Kier alpha value is -5.66. The van der Waals surface area contributed by atoms with E-state index in [4.69, 9.17) is 0 Å². The van der Waals surface area contributed by atoms with Crippen LogP contribution in [0.2, 0.25) is 0 Å². The number of hydrogen-bond acceptors (Lipinski definition) is 8. The third-order valence-electron chi connectivity index (χ3n) is 4.68. The van der Waals surface area contributed by atoms with Crippen molar-refractivity contribution in [3.05, 3.63) is 115 Å². The smallest absolute Gasteiger partial charge is 0.267 e. The van der Waals surface area contributed by atoms with Gasteiger partial charge in [-0.15, -0.1) is 0 Å². The SMILES string of the molecule is O=C(NNC(=O)c1ccccc1[N+](=O)[O-])c1ccc(C(=O)NNC(=O)c2ccccc2[N+](=O)[O-])cc1. The summed E-state index contributed by atoms with van der Waals surface area (Å²) < 4.78 is 0. The summed E-state index contributed by atoms with van der Waals surface area (Å²) in [6.07, 6.45) is 0. The fraction of sp³-hybridized carbons (Fsp3) is 0. The lowest BCUT2D eigenvalue weighted by Gasteiger charge is -2.09. The summed E-state index contributed by atoms with van der Waals surface area (Å²) in [5.41, 5.74) is 7.07. The van der Waals surface area contributed by atoms with Gasteiger partial charge in [-0.05, 0) is 36.4 Å². The number of nitrogens with one attached hydrogen (secondary N) is 4. The molecule has 4 N–H and O–H groups in total. The molecule has 0 aliphatic rings. The van der Waals surface area contributed by atoms with E-state index < -0.39 is 44.9 Å². The van der Waals surface area contributed by atoms with Gasteiger partial charge in [0.15, 0.2) is 0 Å². The minimum absolute atomic E-state index is 0.0401. The van der Waals surface area contributed by atoms with Crippen molar-refractivity contribution < 1.29 is 29.0 Å². The van der Waals surface area contributed by atoms with E-state index in [0.717, 1.165) is 12.1 Å². The van der Waals surface area contributed by atoms with Crippen LogP contribution >= 0.6 is 0 Å². The maximum Gasteiger partial charge on any atom is 0.282 e. The van der Waals surface area contributed by atoms with E-state index in [1.165, 1.54) is 60.7 Å². The monoisotopic (exact) mass is 492 g/mol. The molecule has 0 radical (unpaired) electrons. The third-order valence-corrected chi connectivity index (χ3v) is 4.68. The molecule has 0 unspecified atom stereocenters. The van der Waals surface area contributed by atoms with Crippen LogP contribution in [0.15, 0.2) is 72.8 Å².